The first-order chi connectivity index (χ1) is 10.2. The van der Waals surface area contributed by atoms with Crippen molar-refractivity contribution in [2.24, 2.45) is 0 Å². The van der Waals surface area contributed by atoms with Gasteiger partial charge in [-0.2, -0.15) is 0 Å². The number of benzene rings is 2. The largest absolute Gasteiger partial charge is 0.482 e. The van der Waals surface area contributed by atoms with E-state index in [-0.39, 0.29) is 6.61 Å². The fourth-order valence-corrected chi connectivity index (χ4v) is 2.01. The summed E-state index contributed by atoms with van der Waals surface area (Å²) >= 11 is 0. The number of rotatable bonds is 6. The zero-order valence-electron chi connectivity index (χ0n) is 12.5. The molecule has 21 heavy (non-hydrogen) atoms. The van der Waals surface area contributed by atoms with E-state index in [1.165, 1.54) is 5.56 Å². The Balaban J connectivity index is 1.85. The van der Waals surface area contributed by atoms with Crippen molar-refractivity contribution in [2.45, 2.75) is 26.7 Å². The Morgan fingerprint density at radius 3 is 2.43 bits per heavy atom. The Labute approximate surface area is 125 Å². The van der Waals surface area contributed by atoms with Gasteiger partial charge >= 0.3 is 5.97 Å². The minimum atomic E-state index is -0.401. The maximum Gasteiger partial charge on any atom is 0.349 e. The molecule has 0 heterocycles. The lowest BCUT2D eigenvalue weighted by Crippen LogP contribution is -2.18. The molecule has 0 aromatic heterocycles. The highest BCUT2D eigenvalue weighted by atomic mass is 16.6. The second kappa shape index (κ2) is 7.48. The van der Waals surface area contributed by atoms with Gasteiger partial charge in [0.05, 0.1) is 0 Å². The molecule has 0 amide bonds. The van der Waals surface area contributed by atoms with Crippen LogP contribution in [0.4, 0.5) is 0 Å². The monoisotopic (exact) mass is 284 g/mol. The molecule has 0 saturated heterocycles. The van der Waals surface area contributed by atoms with Crippen molar-refractivity contribution in [2.75, 3.05) is 6.61 Å². The number of aryl methyl sites for hydroxylation is 2. The van der Waals surface area contributed by atoms with Gasteiger partial charge in [0.25, 0.3) is 0 Å². The lowest BCUT2D eigenvalue weighted by Gasteiger charge is -2.09. The third-order valence-electron chi connectivity index (χ3n) is 3.14. The van der Waals surface area contributed by atoms with Crippen LogP contribution in [0, 0.1) is 6.92 Å². The van der Waals surface area contributed by atoms with Gasteiger partial charge in [-0.15, -0.1) is 0 Å². The SMILES string of the molecule is CCCc1ccc(OCC(=O)Oc2ccccc2C)cc1. The summed E-state index contributed by atoms with van der Waals surface area (Å²) in [5.74, 6) is 0.850. The topological polar surface area (TPSA) is 35.5 Å². The Hall–Kier alpha value is -2.29. The van der Waals surface area contributed by atoms with Crippen molar-refractivity contribution >= 4 is 5.97 Å². The lowest BCUT2D eigenvalue weighted by molar-refractivity contribution is -0.136. The molecule has 0 unspecified atom stereocenters. The van der Waals surface area contributed by atoms with Crippen molar-refractivity contribution < 1.29 is 14.3 Å². The van der Waals surface area contributed by atoms with Crippen LogP contribution in [-0.2, 0) is 11.2 Å². The Morgan fingerprint density at radius 2 is 1.76 bits per heavy atom. The highest BCUT2D eigenvalue weighted by Gasteiger charge is 2.07. The van der Waals surface area contributed by atoms with Gasteiger partial charge in [-0.3, -0.25) is 0 Å². The second-order valence-electron chi connectivity index (χ2n) is 4.92. The quantitative estimate of drug-likeness (QED) is 0.595. The van der Waals surface area contributed by atoms with E-state index in [9.17, 15) is 4.79 Å². The van der Waals surface area contributed by atoms with Gasteiger partial charge in [-0.05, 0) is 42.7 Å². The van der Waals surface area contributed by atoms with Crippen LogP contribution in [0.15, 0.2) is 48.5 Å². The normalized spacial score (nSPS) is 10.2. The second-order valence-corrected chi connectivity index (χ2v) is 4.92. The van der Waals surface area contributed by atoms with Crippen molar-refractivity contribution in [3.63, 3.8) is 0 Å². The summed E-state index contributed by atoms with van der Waals surface area (Å²) in [6.07, 6.45) is 2.17. The summed E-state index contributed by atoms with van der Waals surface area (Å²) < 4.78 is 10.7. The van der Waals surface area contributed by atoms with Crippen LogP contribution in [0.1, 0.15) is 24.5 Å². The van der Waals surface area contributed by atoms with Crippen molar-refractivity contribution in [3.8, 4) is 11.5 Å². The molecule has 2 rings (SSSR count). The Kier molecular flexibility index (Phi) is 5.38. The minimum Gasteiger partial charge on any atom is -0.482 e. The first-order valence-electron chi connectivity index (χ1n) is 7.17. The molecule has 0 aliphatic carbocycles. The van der Waals surface area contributed by atoms with Gasteiger partial charge in [0.1, 0.15) is 11.5 Å². The molecule has 0 N–H and O–H groups in total. The fraction of sp³-hybridized carbons (Fsp3) is 0.278. The van der Waals surface area contributed by atoms with E-state index in [1.807, 2.05) is 49.4 Å². The maximum atomic E-state index is 11.8. The first kappa shape index (κ1) is 15.1. The number of carbonyl (C=O) groups is 1. The highest BCUT2D eigenvalue weighted by Crippen LogP contribution is 2.17. The highest BCUT2D eigenvalue weighted by molar-refractivity contribution is 5.74. The third kappa shape index (κ3) is 4.63. The van der Waals surface area contributed by atoms with E-state index >= 15 is 0 Å². The predicted molar refractivity (Wildman–Crippen MR) is 82.7 cm³/mol. The molecular formula is C18H20O3. The van der Waals surface area contributed by atoms with Gasteiger partial charge in [-0.1, -0.05) is 43.7 Å². The van der Waals surface area contributed by atoms with Crippen molar-refractivity contribution in [1.82, 2.24) is 0 Å². The number of carbonyl (C=O) groups excluding carboxylic acids is 1. The molecular weight excluding hydrogens is 264 g/mol. The molecule has 3 nitrogen and oxygen atoms in total. The summed E-state index contributed by atoms with van der Waals surface area (Å²) in [4.78, 5) is 11.8. The average molecular weight is 284 g/mol. The summed E-state index contributed by atoms with van der Waals surface area (Å²) in [7, 11) is 0. The summed E-state index contributed by atoms with van der Waals surface area (Å²) in [6, 6.07) is 15.2. The van der Waals surface area contributed by atoms with Gasteiger partial charge in [0, 0.05) is 0 Å². The van der Waals surface area contributed by atoms with Crippen LogP contribution >= 0.6 is 0 Å². The summed E-state index contributed by atoms with van der Waals surface area (Å²) in [5, 5.41) is 0. The average Bonchev–Trinajstić information content (AvgIpc) is 2.49. The molecule has 0 fully saturated rings. The lowest BCUT2D eigenvalue weighted by atomic mass is 10.1. The minimum absolute atomic E-state index is 0.0958. The molecule has 0 aliphatic heterocycles. The van der Waals surface area contributed by atoms with Crippen LogP contribution in [-0.4, -0.2) is 12.6 Å². The van der Waals surface area contributed by atoms with E-state index in [4.69, 9.17) is 9.47 Å². The molecule has 2 aromatic rings. The predicted octanol–water partition coefficient (Wildman–Crippen LogP) is 3.93. The van der Waals surface area contributed by atoms with Gasteiger partial charge in [0.15, 0.2) is 6.61 Å². The van der Waals surface area contributed by atoms with Crippen LogP contribution in [0.5, 0.6) is 11.5 Å². The number of ether oxygens (including phenoxy) is 2. The van der Waals surface area contributed by atoms with Gasteiger partial charge < -0.3 is 9.47 Å². The van der Waals surface area contributed by atoms with Crippen LogP contribution in [0.25, 0.3) is 0 Å². The molecule has 0 spiro atoms. The molecule has 0 aliphatic rings. The number of hydrogen-bond acceptors (Lipinski definition) is 3. The van der Waals surface area contributed by atoms with Crippen molar-refractivity contribution in [1.29, 1.82) is 0 Å². The van der Waals surface area contributed by atoms with Crippen LogP contribution in [0.2, 0.25) is 0 Å². The van der Waals surface area contributed by atoms with Gasteiger partial charge in [-0.25, -0.2) is 4.79 Å². The summed E-state index contributed by atoms with van der Waals surface area (Å²) in [6.45, 7) is 3.95. The molecule has 0 atom stereocenters. The standard InChI is InChI=1S/C18H20O3/c1-3-6-15-9-11-16(12-10-15)20-13-18(19)21-17-8-5-4-7-14(17)2/h4-5,7-12H,3,6,13H2,1-2H3. The Morgan fingerprint density at radius 1 is 1.05 bits per heavy atom. The number of para-hydroxylation sites is 1. The van der Waals surface area contributed by atoms with Crippen LogP contribution < -0.4 is 9.47 Å². The van der Waals surface area contributed by atoms with E-state index in [0.717, 1.165) is 18.4 Å². The first-order valence-corrected chi connectivity index (χ1v) is 7.17. The smallest absolute Gasteiger partial charge is 0.349 e. The molecule has 0 saturated carbocycles. The zero-order chi connectivity index (χ0) is 15.1. The molecule has 0 bridgehead atoms. The van der Waals surface area contributed by atoms with E-state index in [2.05, 4.69) is 6.92 Å². The third-order valence-corrected chi connectivity index (χ3v) is 3.14. The maximum absolute atomic E-state index is 11.8. The molecule has 0 radical (unpaired) electrons. The summed E-state index contributed by atoms with van der Waals surface area (Å²) in [5.41, 5.74) is 2.20. The van der Waals surface area contributed by atoms with E-state index in [0.29, 0.717) is 11.5 Å². The Bertz CT molecular complexity index is 588. The molecule has 3 heteroatoms. The number of esters is 1. The van der Waals surface area contributed by atoms with Gasteiger partial charge in [0.2, 0.25) is 0 Å². The van der Waals surface area contributed by atoms with Crippen LogP contribution in [0.3, 0.4) is 0 Å². The zero-order valence-corrected chi connectivity index (χ0v) is 12.5. The molecule has 2 aromatic carbocycles. The molecule has 110 valence electrons. The fourth-order valence-electron chi connectivity index (χ4n) is 2.01. The number of hydrogen-bond donors (Lipinski definition) is 0. The van der Waals surface area contributed by atoms with E-state index < -0.39 is 5.97 Å². The van der Waals surface area contributed by atoms with Crippen molar-refractivity contribution in [3.05, 3.63) is 59.7 Å². The van der Waals surface area contributed by atoms with E-state index in [1.54, 1.807) is 6.07 Å².